The number of hydrogen-bond donors (Lipinski definition) is 2. The molecule has 1 atom stereocenters. The standard InChI is InChI=1S/C13H15N5O2S/c1-15-11(19)7-3-2-6-18(7)13(20)10-8(14)9-12(21-10)17-5-4-16-9/h4-5,7H,2-3,6,14H2,1H3,(H,15,19). The lowest BCUT2D eigenvalue weighted by atomic mass is 10.2. The van der Waals surface area contributed by atoms with Crippen LogP contribution >= 0.6 is 11.3 Å². The van der Waals surface area contributed by atoms with E-state index in [9.17, 15) is 9.59 Å². The summed E-state index contributed by atoms with van der Waals surface area (Å²) in [6.07, 6.45) is 4.59. The number of nitrogens with one attached hydrogen (secondary N) is 1. The van der Waals surface area contributed by atoms with Crippen molar-refractivity contribution in [1.29, 1.82) is 0 Å². The summed E-state index contributed by atoms with van der Waals surface area (Å²) in [5.74, 6) is -0.361. The minimum Gasteiger partial charge on any atom is -0.396 e. The molecule has 1 aliphatic rings. The second-order valence-corrected chi connectivity index (χ2v) is 5.82. The fraction of sp³-hybridized carbons (Fsp3) is 0.385. The van der Waals surface area contributed by atoms with Gasteiger partial charge >= 0.3 is 0 Å². The highest BCUT2D eigenvalue weighted by atomic mass is 32.1. The van der Waals surface area contributed by atoms with Crippen molar-refractivity contribution in [3.05, 3.63) is 17.3 Å². The van der Waals surface area contributed by atoms with Gasteiger partial charge in [-0.1, -0.05) is 0 Å². The quantitative estimate of drug-likeness (QED) is 0.847. The van der Waals surface area contributed by atoms with Crippen LogP contribution in [0, 0.1) is 0 Å². The molecule has 2 aromatic rings. The molecule has 2 aromatic heterocycles. The van der Waals surface area contributed by atoms with Gasteiger partial charge in [0.1, 0.15) is 21.3 Å². The Morgan fingerprint density at radius 2 is 2.19 bits per heavy atom. The average Bonchev–Trinajstić information content (AvgIpc) is 3.11. The zero-order chi connectivity index (χ0) is 15.0. The molecule has 3 heterocycles. The number of likely N-dealkylation sites (tertiary alicyclic amines) is 1. The first kappa shape index (κ1) is 13.7. The van der Waals surface area contributed by atoms with E-state index in [-0.39, 0.29) is 11.8 Å². The van der Waals surface area contributed by atoms with Gasteiger partial charge in [-0.3, -0.25) is 9.59 Å². The fourth-order valence-corrected chi connectivity index (χ4v) is 3.56. The molecule has 8 heteroatoms. The molecule has 2 amide bonds. The Labute approximate surface area is 125 Å². The summed E-state index contributed by atoms with van der Waals surface area (Å²) >= 11 is 1.22. The van der Waals surface area contributed by atoms with Crippen LogP contribution in [0.2, 0.25) is 0 Å². The number of nitrogens with two attached hydrogens (primary N) is 1. The predicted octanol–water partition coefficient (Wildman–Crippen LogP) is 0.624. The Balaban J connectivity index is 1.96. The van der Waals surface area contributed by atoms with Gasteiger partial charge in [-0.25, -0.2) is 9.97 Å². The molecule has 1 aliphatic heterocycles. The van der Waals surface area contributed by atoms with E-state index in [1.54, 1.807) is 24.3 Å². The van der Waals surface area contributed by atoms with E-state index in [1.807, 2.05) is 0 Å². The molecule has 0 aliphatic carbocycles. The maximum atomic E-state index is 12.7. The van der Waals surface area contributed by atoms with E-state index in [2.05, 4.69) is 15.3 Å². The number of hydrogen-bond acceptors (Lipinski definition) is 6. The van der Waals surface area contributed by atoms with E-state index in [4.69, 9.17) is 5.73 Å². The maximum absolute atomic E-state index is 12.7. The molecule has 0 spiro atoms. The molecule has 1 unspecified atom stereocenters. The molecule has 0 saturated carbocycles. The van der Waals surface area contributed by atoms with Crippen LogP contribution in [-0.2, 0) is 4.79 Å². The van der Waals surface area contributed by atoms with Crippen LogP contribution in [0.25, 0.3) is 10.3 Å². The van der Waals surface area contributed by atoms with Gasteiger partial charge in [0.15, 0.2) is 0 Å². The van der Waals surface area contributed by atoms with Crippen LogP contribution in [0.5, 0.6) is 0 Å². The summed E-state index contributed by atoms with van der Waals surface area (Å²) in [5.41, 5.74) is 6.91. The van der Waals surface area contributed by atoms with Crippen LogP contribution in [0.3, 0.4) is 0 Å². The first-order chi connectivity index (χ1) is 10.1. The van der Waals surface area contributed by atoms with Crippen molar-refractivity contribution in [2.24, 2.45) is 0 Å². The Kier molecular flexibility index (Phi) is 3.46. The third-order valence-corrected chi connectivity index (χ3v) is 4.71. The molecule has 110 valence electrons. The van der Waals surface area contributed by atoms with Crippen LogP contribution in [0.1, 0.15) is 22.5 Å². The third-order valence-electron chi connectivity index (χ3n) is 3.62. The Hall–Kier alpha value is -2.22. The van der Waals surface area contributed by atoms with E-state index in [1.165, 1.54) is 11.3 Å². The predicted molar refractivity (Wildman–Crippen MR) is 80.0 cm³/mol. The summed E-state index contributed by atoms with van der Waals surface area (Å²) in [6.45, 7) is 0.561. The van der Waals surface area contributed by atoms with Crippen molar-refractivity contribution in [3.63, 3.8) is 0 Å². The van der Waals surface area contributed by atoms with Crippen LogP contribution in [0.15, 0.2) is 12.4 Å². The first-order valence-corrected chi connectivity index (χ1v) is 7.46. The number of rotatable bonds is 2. The van der Waals surface area contributed by atoms with Crippen molar-refractivity contribution in [2.45, 2.75) is 18.9 Å². The normalized spacial score (nSPS) is 18.1. The summed E-state index contributed by atoms with van der Waals surface area (Å²) in [4.78, 5) is 35.5. The van der Waals surface area contributed by atoms with Gasteiger partial charge in [0.05, 0.1) is 5.69 Å². The molecule has 0 bridgehead atoms. The summed E-state index contributed by atoms with van der Waals surface area (Å²) in [7, 11) is 1.57. The topological polar surface area (TPSA) is 101 Å². The number of thiophene rings is 1. The maximum Gasteiger partial charge on any atom is 0.266 e. The number of carbonyl (C=O) groups is 2. The summed E-state index contributed by atoms with van der Waals surface area (Å²) < 4.78 is 0. The number of amides is 2. The number of nitrogens with zero attached hydrogens (tertiary/aromatic N) is 3. The fourth-order valence-electron chi connectivity index (χ4n) is 2.58. The second kappa shape index (κ2) is 5.28. The Morgan fingerprint density at radius 3 is 2.90 bits per heavy atom. The molecule has 3 N–H and O–H groups in total. The minimum atomic E-state index is -0.423. The first-order valence-electron chi connectivity index (χ1n) is 6.65. The number of nitrogen functional groups attached to an aromatic ring is 1. The van der Waals surface area contributed by atoms with Crippen molar-refractivity contribution in [1.82, 2.24) is 20.2 Å². The summed E-state index contributed by atoms with van der Waals surface area (Å²) in [5, 5.41) is 2.60. The highest BCUT2D eigenvalue weighted by molar-refractivity contribution is 7.21. The molecule has 21 heavy (non-hydrogen) atoms. The van der Waals surface area contributed by atoms with E-state index in [0.29, 0.717) is 33.9 Å². The number of aromatic nitrogens is 2. The van der Waals surface area contributed by atoms with Gasteiger partial charge in [-0.05, 0) is 12.8 Å². The number of fused-ring (bicyclic) bond motifs is 1. The lowest BCUT2D eigenvalue weighted by Gasteiger charge is -2.22. The smallest absolute Gasteiger partial charge is 0.266 e. The lowest BCUT2D eigenvalue weighted by molar-refractivity contribution is -0.124. The number of carbonyl (C=O) groups excluding carboxylic acids is 2. The van der Waals surface area contributed by atoms with E-state index >= 15 is 0 Å². The van der Waals surface area contributed by atoms with Crippen LogP contribution in [0.4, 0.5) is 5.69 Å². The molecular weight excluding hydrogens is 290 g/mol. The highest BCUT2D eigenvalue weighted by Crippen LogP contribution is 2.33. The van der Waals surface area contributed by atoms with Gasteiger partial charge in [-0.15, -0.1) is 11.3 Å². The van der Waals surface area contributed by atoms with E-state index in [0.717, 1.165) is 6.42 Å². The zero-order valence-electron chi connectivity index (χ0n) is 11.5. The van der Waals surface area contributed by atoms with Gasteiger partial charge in [0, 0.05) is 26.0 Å². The molecular formula is C13H15N5O2S. The van der Waals surface area contributed by atoms with Crippen LogP contribution < -0.4 is 11.1 Å². The zero-order valence-corrected chi connectivity index (χ0v) is 12.3. The van der Waals surface area contributed by atoms with Crippen molar-refractivity contribution in [3.8, 4) is 0 Å². The molecule has 0 radical (unpaired) electrons. The van der Waals surface area contributed by atoms with Crippen molar-refractivity contribution >= 4 is 39.2 Å². The Morgan fingerprint density at radius 1 is 1.43 bits per heavy atom. The van der Waals surface area contributed by atoms with Crippen LogP contribution in [-0.4, -0.2) is 46.3 Å². The minimum absolute atomic E-state index is 0.142. The van der Waals surface area contributed by atoms with Gasteiger partial charge in [-0.2, -0.15) is 0 Å². The molecule has 3 rings (SSSR count). The van der Waals surface area contributed by atoms with Gasteiger partial charge in [0.25, 0.3) is 5.91 Å². The van der Waals surface area contributed by atoms with Gasteiger partial charge < -0.3 is 16.0 Å². The van der Waals surface area contributed by atoms with Crippen molar-refractivity contribution < 1.29 is 9.59 Å². The lowest BCUT2D eigenvalue weighted by Crippen LogP contribution is -2.44. The third kappa shape index (κ3) is 2.21. The van der Waals surface area contributed by atoms with E-state index < -0.39 is 6.04 Å². The average molecular weight is 305 g/mol. The monoisotopic (exact) mass is 305 g/mol. The summed E-state index contributed by atoms with van der Waals surface area (Å²) in [6, 6.07) is -0.423. The SMILES string of the molecule is CNC(=O)C1CCCN1C(=O)c1sc2nccnc2c1N. The Bertz CT molecular complexity index is 714. The molecule has 1 fully saturated rings. The largest absolute Gasteiger partial charge is 0.396 e. The second-order valence-electron chi connectivity index (χ2n) is 4.83. The van der Waals surface area contributed by atoms with Crippen molar-refractivity contribution in [2.75, 3.05) is 19.3 Å². The highest BCUT2D eigenvalue weighted by Gasteiger charge is 2.35. The molecule has 0 aromatic carbocycles. The molecule has 1 saturated heterocycles. The van der Waals surface area contributed by atoms with Gasteiger partial charge in [0.2, 0.25) is 5.91 Å². The number of anilines is 1. The number of likely N-dealkylation sites (N-methyl/N-ethyl adjacent to an activating group) is 1. The molecule has 7 nitrogen and oxygen atoms in total.